The minimum absolute atomic E-state index is 0.220. The van der Waals surface area contributed by atoms with Gasteiger partial charge in [-0.3, -0.25) is 0 Å². The lowest BCUT2D eigenvalue weighted by Crippen LogP contribution is -2.02. The molecule has 4 heteroatoms. The van der Waals surface area contributed by atoms with Crippen LogP contribution in [0.3, 0.4) is 0 Å². The molecule has 1 aromatic rings. The van der Waals surface area contributed by atoms with E-state index in [1.165, 1.54) is 19.1 Å². The number of hydrogen-bond donors (Lipinski definition) is 0. The molecular weight excluding hydrogens is 238 g/mol. The molecule has 98 valence electrons. The summed E-state index contributed by atoms with van der Waals surface area (Å²) >= 11 is 0. The summed E-state index contributed by atoms with van der Waals surface area (Å²) in [7, 11) is 0. The molecular formula is C14H16F2O2. The van der Waals surface area contributed by atoms with Crippen molar-refractivity contribution < 1.29 is 18.3 Å². The van der Waals surface area contributed by atoms with E-state index in [1.807, 2.05) is 6.92 Å². The number of ether oxygens (including phenoxy) is 1. The van der Waals surface area contributed by atoms with Crippen LogP contribution in [-0.2, 0) is 9.53 Å². The smallest absolute Gasteiger partial charge is 0.330 e. The number of carbonyl (C=O) groups is 1. The molecule has 0 radical (unpaired) electrons. The van der Waals surface area contributed by atoms with Crippen LogP contribution in [0.5, 0.6) is 0 Å². The minimum atomic E-state index is -0.698. The fourth-order valence-electron chi connectivity index (χ4n) is 1.35. The number of aryl methyl sites for hydroxylation is 1. The number of hydrogen-bond acceptors (Lipinski definition) is 2. The van der Waals surface area contributed by atoms with Gasteiger partial charge in [-0.2, -0.15) is 0 Å². The average Bonchev–Trinajstić information content (AvgIpc) is 2.34. The Hall–Kier alpha value is -1.71. The first-order valence-corrected chi connectivity index (χ1v) is 5.85. The van der Waals surface area contributed by atoms with Gasteiger partial charge in [-0.15, -0.1) is 0 Å². The quantitative estimate of drug-likeness (QED) is 0.455. The molecule has 0 N–H and O–H groups in total. The highest BCUT2D eigenvalue weighted by atomic mass is 19.1. The number of unbranched alkanes of at least 4 members (excludes halogenated alkanes) is 1. The van der Waals surface area contributed by atoms with Gasteiger partial charge in [-0.1, -0.05) is 19.4 Å². The van der Waals surface area contributed by atoms with E-state index in [4.69, 9.17) is 4.74 Å². The molecule has 0 spiro atoms. The normalized spacial score (nSPS) is 10.9. The van der Waals surface area contributed by atoms with Crippen molar-refractivity contribution in [3.8, 4) is 0 Å². The highest BCUT2D eigenvalue weighted by molar-refractivity contribution is 5.87. The number of carbonyl (C=O) groups excluding carboxylic acids is 1. The van der Waals surface area contributed by atoms with Gasteiger partial charge in [0.2, 0.25) is 0 Å². The molecule has 0 aromatic heterocycles. The van der Waals surface area contributed by atoms with Gasteiger partial charge < -0.3 is 4.74 Å². The molecule has 0 amide bonds. The van der Waals surface area contributed by atoms with Crippen LogP contribution in [0.1, 0.15) is 30.9 Å². The molecule has 0 aliphatic rings. The van der Waals surface area contributed by atoms with Gasteiger partial charge in [0.05, 0.1) is 6.61 Å². The minimum Gasteiger partial charge on any atom is -0.463 e. The van der Waals surface area contributed by atoms with Gasteiger partial charge >= 0.3 is 5.97 Å². The van der Waals surface area contributed by atoms with Crippen molar-refractivity contribution >= 4 is 12.0 Å². The summed E-state index contributed by atoms with van der Waals surface area (Å²) in [5.74, 6) is -1.95. The third-order valence-electron chi connectivity index (χ3n) is 2.45. The number of esters is 1. The Morgan fingerprint density at radius 2 is 2.11 bits per heavy atom. The largest absolute Gasteiger partial charge is 0.463 e. The third-order valence-corrected chi connectivity index (χ3v) is 2.45. The molecule has 1 aromatic carbocycles. The van der Waals surface area contributed by atoms with Gasteiger partial charge in [-0.25, -0.2) is 13.6 Å². The lowest BCUT2D eigenvalue weighted by Gasteiger charge is -2.03. The molecule has 0 atom stereocenters. The van der Waals surface area contributed by atoms with Crippen molar-refractivity contribution in [3.63, 3.8) is 0 Å². The van der Waals surface area contributed by atoms with Crippen LogP contribution in [0.4, 0.5) is 8.78 Å². The molecule has 0 fully saturated rings. The zero-order valence-corrected chi connectivity index (χ0v) is 10.5. The van der Waals surface area contributed by atoms with Crippen molar-refractivity contribution in [2.24, 2.45) is 0 Å². The summed E-state index contributed by atoms with van der Waals surface area (Å²) in [4.78, 5) is 11.2. The molecule has 2 nitrogen and oxygen atoms in total. The summed E-state index contributed by atoms with van der Waals surface area (Å²) in [5.41, 5.74) is 0.109. The van der Waals surface area contributed by atoms with Gasteiger partial charge in [-0.05, 0) is 31.1 Å². The molecule has 0 bridgehead atoms. The Labute approximate surface area is 105 Å². The predicted molar refractivity (Wildman–Crippen MR) is 66.0 cm³/mol. The maximum Gasteiger partial charge on any atom is 0.330 e. The first kappa shape index (κ1) is 14.4. The van der Waals surface area contributed by atoms with E-state index in [0.29, 0.717) is 12.2 Å². The van der Waals surface area contributed by atoms with Gasteiger partial charge in [0, 0.05) is 11.6 Å². The number of halogens is 2. The molecule has 0 unspecified atom stereocenters. The van der Waals surface area contributed by atoms with Crippen LogP contribution in [0.2, 0.25) is 0 Å². The van der Waals surface area contributed by atoms with Crippen molar-refractivity contribution in [3.05, 3.63) is 41.0 Å². The van der Waals surface area contributed by atoms with Crippen LogP contribution in [0, 0.1) is 18.6 Å². The lowest BCUT2D eigenvalue weighted by atomic mass is 10.1. The van der Waals surface area contributed by atoms with Crippen molar-refractivity contribution in [2.45, 2.75) is 26.7 Å². The van der Waals surface area contributed by atoms with E-state index in [9.17, 15) is 13.6 Å². The van der Waals surface area contributed by atoms with Crippen LogP contribution in [0.25, 0.3) is 6.08 Å². The molecule has 0 heterocycles. The van der Waals surface area contributed by atoms with Crippen molar-refractivity contribution in [1.29, 1.82) is 0 Å². The standard InChI is InChI=1S/C14H16F2O2/c1-3-4-9-18-13(17)8-6-11-12(15)7-5-10(2)14(11)16/h5-8H,3-4,9H2,1-2H3/b8-6+. The number of rotatable bonds is 5. The van der Waals surface area contributed by atoms with Crippen LogP contribution in [0.15, 0.2) is 18.2 Å². The maximum atomic E-state index is 13.6. The molecule has 1 rings (SSSR count). The fourth-order valence-corrected chi connectivity index (χ4v) is 1.35. The van der Waals surface area contributed by atoms with Gasteiger partial charge in [0.1, 0.15) is 11.6 Å². The Morgan fingerprint density at radius 3 is 2.78 bits per heavy atom. The molecule has 0 aliphatic heterocycles. The zero-order valence-electron chi connectivity index (χ0n) is 10.5. The number of benzene rings is 1. The van der Waals surface area contributed by atoms with Gasteiger partial charge in [0.15, 0.2) is 0 Å². The fraction of sp³-hybridized carbons (Fsp3) is 0.357. The Bertz CT molecular complexity index is 453. The van der Waals surface area contributed by atoms with E-state index >= 15 is 0 Å². The summed E-state index contributed by atoms with van der Waals surface area (Å²) < 4.78 is 31.8. The SMILES string of the molecule is CCCCOC(=O)/C=C/c1c(F)ccc(C)c1F. The zero-order chi connectivity index (χ0) is 13.5. The molecule has 18 heavy (non-hydrogen) atoms. The second kappa shape index (κ2) is 6.89. The van der Waals surface area contributed by atoms with Gasteiger partial charge in [0.25, 0.3) is 0 Å². The van der Waals surface area contributed by atoms with E-state index in [0.717, 1.165) is 25.0 Å². The van der Waals surface area contributed by atoms with Crippen molar-refractivity contribution in [2.75, 3.05) is 6.61 Å². The summed E-state index contributed by atoms with van der Waals surface area (Å²) in [6.07, 6.45) is 3.83. The second-order valence-electron chi connectivity index (χ2n) is 3.95. The molecule has 0 saturated heterocycles. The summed E-state index contributed by atoms with van der Waals surface area (Å²) in [6.45, 7) is 3.82. The summed E-state index contributed by atoms with van der Waals surface area (Å²) in [6, 6.07) is 2.52. The third kappa shape index (κ3) is 3.95. The topological polar surface area (TPSA) is 26.3 Å². The van der Waals surface area contributed by atoms with Crippen LogP contribution >= 0.6 is 0 Å². The maximum absolute atomic E-state index is 13.6. The van der Waals surface area contributed by atoms with E-state index < -0.39 is 17.6 Å². The van der Waals surface area contributed by atoms with Crippen LogP contribution in [-0.4, -0.2) is 12.6 Å². The Morgan fingerprint density at radius 1 is 1.39 bits per heavy atom. The average molecular weight is 254 g/mol. The summed E-state index contributed by atoms with van der Waals surface area (Å²) in [5, 5.41) is 0. The highest BCUT2D eigenvalue weighted by Gasteiger charge is 2.09. The van der Waals surface area contributed by atoms with Crippen LogP contribution < -0.4 is 0 Å². The lowest BCUT2D eigenvalue weighted by molar-refractivity contribution is -0.137. The molecule has 0 aliphatic carbocycles. The first-order valence-electron chi connectivity index (χ1n) is 5.85. The van der Waals surface area contributed by atoms with E-state index in [2.05, 4.69) is 0 Å². The Kier molecular flexibility index (Phi) is 5.49. The first-order chi connectivity index (χ1) is 8.56. The monoisotopic (exact) mass is 254 g/mol. The molecule has 0 saturated carbocycles. The van der Waals surface area contributed by atoms with E-state index in [1.54, 1.807) is 0 Å². The predicted octanol–water partition coefficient (Wildman–Crippen LogP) is 3.63. The van der Waals surface area contributed by atoms with E-state index in [-0.39, 0.29) is 5.56 Å². The van der Waals surface area contributed by atoms with Crippen molar-refractivity contribution in [1.82, 2.24) is 0 Å². The highest BCUT2D eigenvalue weighted by Crippen LogP contribution is 2.17. The second-order valence-corrected chi connectivity index (χ2v) is 3.95. The Balaban J connectivity index is 2.72.